The Morgan fingerprint density at radius 2 is 1.52 bits per heavy atom. The molecule has 0 bridgehead atoms. The fourth-order valence-corrected chi connectivity index (χ4v) is 3.12. The number of carbonyl (C=O) groups excluding carboxylic acids is 1. The molecule has 5 nitrogen and oxygen atoms in total. The summed E-state index contributed by atoms with van der Waals surface area (Å²) in [6.07, 6.45) is 0. The third kappa shape index (κ3) is 3.90. The van der Waals surface area contributed by atoms with E-state index in [1.54, 1.807) is 54.6 Å². The van der Waals surface area contributed by atoms with Gasteiger partial charge in [0.15, 0.2) is 0 Å². The summed E-state index contributed by atoms with van der Waals surface area (Å²) in [5, 5.41) is 3.33. The van der Waals surface area contributed by atoms with Crippen molar-refractivity contribution in [2.45, 2.75) is 0 Å². The standard InChI is InChI=1S/C19H15Cl3N4O/c20-12-9-10-14(17(22)16(12)21)26(15-8-4-7-13(23)18(15)24)19(27)25-11-5-2-1-3-6-11/h1-10H,23-24H2,(H,25,27). The number of nitrogens with zero attached hydrogens (tertiary/aromatic N) is 1. The lowest BCUT2D eigenvalue weighted by Crippen LogP contribution is -2.31. The molecule has 0 heterocycles. The fraction of sp³-hybridized carbons (Fsp3) is 0. The van der Waals surface area contributed by atoms with Gasteiger partial charge in [-0.05, 0) is 36.4 Å². The van der Waals surface area contributed by atoms with Crippen molar-refractivity contribution in [2.75, 3.05) is 21.7 Å². The highest BCUT2D eigenvalue weighted by molar-refractivity contribution is 6.49. The number of carbonyl (C=O) groups is 1. The van der Waals surface area contributed by atoms with Crippen LogP contribution in [-0.2, 0) is 0 Å². The quantitative estimate of drug-likeness (QED) is 0.348. The molecule has 2 amide bonds. The summed E-state index contributed by atoms with van der Waals surface area (Å²) in [6, 6.07) is 16.6. The molecule has 3 aromatic rings. The minimum Gasteiger partial charge on any atom is -0.397 e. The van der Waals surface area contributed by atoms with Crippen LogP contribution in [0.15, 0.2) is 60.7 Å². The number of amides is 2. The van der Waals surface area contributed by atoms with Crippen LogP contribution in [0.5, 0.6) is 0 Å². The van der Waals surface area contributed by atoms with E-state index >= 15 is 0 Å². The second kappa shape index (κ2) is 7.96. The number of nitrogen functional groups attached to an aromatic ring is 2. The van der Waals surface area contributed by atoms with Gasteiger partial charge in [-0.15, -0.1) is 0 Å². The summed E-state index contributed by atoms with van der Waals surface area (Å²) in [7, 11) is 0. The third-order valence-corrected chi connectivity index (χ3v) is 5.13. The molecule has 0 aliphatic rings. The molecule has 0 unspecified atom stereocenters. The van der Waals surface area contributed by atoms with Crippen LogP contribution in [0.1, 0.15) is 0 Å². The van der Waals surface area contributed by atoms with Crippen molar-refractivity contribution in [3.05, 3.63) is 75.7 Å². The normalized spacial score (nSPS) is 10.5. The molecule has 0 radical (unpaired) electrons. The van der Waals surface area contributed by atoms with Gasteiger partial charge < -0.3 is 16.8 Å². The van der Waals surface area contributed by atoms with Gasteiger partial charge in [-0.3, -0.25) is 4.90 Å². The Labute approximate surface area is 171 Å². The van der Waals surface area contributed by atoms with Gasteiger partial charge in [0, 0.05) is 5.69 Å². The first-order valence-electron chi connectivity index (χ1n) is 7.83. The first kappa shape index (κ1) is 19.2. The van der Waals surface area contributed by atoms with Crippen molar-refractivity contribution in [3.8, 4) is 0 Å². The number of hydrogen-bond acceptors (Lipinski definition) is 3. The zero-order valence-corrected chi connectivity index (χ0v) is 16.2. The first-order chi connectivity index (χ1) is 12.9. The maximum absolute atomic E-state index is 13.1. The summed E-state index contributed by atoms with van der Waals surface area (Å²) in [5.74, 6) is 0. The molecule has 0 saturated carbocycles. The van der Waals surface area contributed by atoms with Crippen LogP contribution in [0, 0.1) is 0 Å². The lowest BCUT2D eigenvalue weighted by molar-refractivity contribution is 0.259. The highest BCUT2D eigenvalue weighted by Gasteiger charge is 2.25. The molecule has 0 aromatic heterocycles. The van der Waals surface area contributed by atoms with Crippen molar-refractivity contribution in [2.24, 2.45) is 0 Å². The minimum atomic E-state index is -0.487. The molecular weight excluding hydrogens is 407 g/mol. The fourth-order valence-electron chi connectivity index (χ4n) is 2.50. The Kier molecular flexibility index (Phi) is 5.65. The minimum absolute atomic E-state index is 0.120. The predicted octanol–water partition coefficient (Wildman–Crippen LogP) is 6.18. The van der Waals surface area contributed by atoms with Crippen LogP contribution in [-0.4, -0.2) is 6.03 Å². The van der Waals surface area contributed by atoms with E-state index in [0.29, 0.717) is 22.7 Å². The molecule has 0 fully saturated rings. The molecule has 5 N–H and O–H groups in total. The van der Waals surface area contributed by atoms with E-state index < -0.39 is 6.03 Å². The van der Waals surface area contributed by atoms with E-state index in [1.807, 2.05) is 6.07 Å². The van der Waals surface area contributed by atoms with Crippen molar-refractivity contribution < 1.29 is 4.79 Å². The van der Waals surface area contributed by atoms with Gasteiger partial charge in [0.1, 0.15) is 0 Å². The van der Waals surface area contributed by atoms with Gasteiger partial charge in [0.2, 0.25) is 0 Å². The van der Waals surface area contributed by atoms with E-state index in [1.165, 1.54) is 4.90 Å². The van der Waals surface area contributed by atoms with Crippen molar-refractivity contribution in [3.63, 3.8) is 0 Å². The van der Waals surface area contributed by atoms with Gasteiger partial charge in [0.05, 0.1) is 37.8 Å². The molecule has 27 heavy (non-hydrogen) atoms. The Morgan fingerprint density at radius 1 is 0.815 bits per heavy atom. The van der Waals surface area contributed by atoms with Gasteiger partial charge in [-0.2, -0.15) is 0 Å². The number of anilines is 5. The largest absolute Gasteiger partial charge is 0.397 e. The van der Waals surface area contributed by atoms with Gasteiger partial charge in [-0.25, -0.2) is 4.79 Å². The molecule has 3 rings (SSSR count). The van der Waals surface area contributed by atoms with E-state index in [0.717, 1.165) is 0 Å². The van der Waals surface area contributed by atoms with Crippen LogP contribution >= 0.6 is 34.8 Å². The molecule has 0 atom stereocenters. The highest BCUT2D eigenvalue weighted by Crippen LogP contribution is 2.42. The molecule has 0 aliphatic carbocycles. The van der Waals surface area contributed by atoms with E-state index in [-0.39, 0.29) is 20.8 Å². The molecular formula is C19H15Cl3N4O. The number of urea groups is 1. The van der Waals surface area contributed by atoms with Crippen molar-refractivity contribution in [1.82, 2.24) is 0 Å². The average Bonchev–Trinajstić information content (AvgIpc) is 2.66. The predicted molar refractivity (Wildman–Crippen MR) is 114 cm³/mol. The van der Waals surface area contributed by atoms with Crippen LogP contribution < -0.4 is 21.7 Å². The lowest BCUT2D eigenvalue weighted by Gasteiger charge is -2.26. The van der Waals surface area contributed by atoms with E-state index in [4.69, 9.17) is 46.3 Å². The van der Waals surface area contributed by atoms with Gasteiger partial charge >= 0.3 is 6.03 Å². The number of benzene rings is 3. The van der Waals surface area contributed by atoms with Crippen LogP contribution in [0.2, 0.25) is 15.1 Å². The van der Waals surface area contributed by atoms with Gasteiger partial charge in [-0.1, -0.05) is 59.1 Å². The number of rotatable bonds is 3. The Hall–Kier alpha value is -2.60. The summed E-state index contributed by atoms with van der Waals surface area (Å²) in [4.78, 5) is 14.4. The number of nitrogens with one attached hydrogen (secondary N) is 1. The Bertz CT molecular complexity index is 996. The van der Waals surface area contributed by atoms with Crippen molar-refractivity contribution >= 4 is 69.3 Å². The van der Waals surface area contributed by atoms with Crippen molar-refractivity contribution in [1.29, 1.82) is 0 Å². The maximum atomic E-state index is 13.1. The SMILES string of the molecule is Nc1cccc(N(C(=O)Nc2ccccc2)c2ccc(Cl)c(Cl)c2Cl)c1N. The van der Waals surface area contributed by atoms with Crippen LogP contribution in [0.25, 0.3) is 0 Å². The molecule has 3 aromatic carbocycles. The zero-order chi connectivity index (χ0) is 19.6. The highest BCUT2D eigenvalue weighted by atomic mass is 35.5. The molecule has 0 saturated heterocycles. The molecule has 8 heteroatoms. The summed E-state index contributed by atoms with van der Waals surface area (Å²) in [5.41, 5.74) is 13.9. The smallest absolute Gasteiger partial charge is 0.331 e. The Balaban J connectivity index is 2.14. The number of nitrogens with two attached hydrogens (primary N) is 2. The monoisotopic (exact) mass is 420 g/mol. The van der Waals surface area contributed by atoms with E-state index in [9.17, 15) is 4.79 Å². The average molecular weight is 422 g/mol. The summed E-state index contributed by atoms with van der Waals surface area (Å²) >= 11 is 18.6. The number of hydrogen-bond donors (Lipinski definition) is 3. The third-order valence-electron chi connectivity index (χ3n) is 3.84. The van der Waals surface area contributed by atoms with E-state index in [2.05, 4.69) is 5.32 Å². The Morgan fingerprint density at radius 3 is 2.22 bits per heavy atom. The second-order valence-corrected chi connectivity index (χ2v) is 6.77. The second-order valence-electron chi connectivity index (χ2n) is 5.61. The molecule has 0 aliphatic heterocycles. The molecule has 0 spiro atoms. The topological polar surface area (TPSA) is 84.4 Å². The van der Waals surface area contributed by atoms with Gasteiger partial charge in [0.25, 0.3) is 0 Å². The first-order valence-corrected chi connectivity index (χ1v) is 8.97. The zero-order valence-electron chi connectivity index (χ0n) is 13.9. The number of para-hydroxylation sites is 2. The summed E-state index contributed by atoms with van der Waals surface area (Å²) < 4.78 is 0. The van der Waals surface area contributed by atoms with Crippen LogP contribution in [0.4, 0.5) is 33.2 Å². The lowest BCUT2D eigenvalue weighted by atomic mass is 10.2. The maximum Gasteiger partial charge on any atom is 0.331 e. The van der Waals surface area contributed by atoms with Crippen LogP contribution in [0.3, 0.4) is 0 Å². The molecule has 138 valence electrons. The summed E-state index contributed by atoms with van der Waals surface area (Å²) in [6.45, 7) is 0. The number of halogens is 3.